The summed E-state index contributed by atoms with van der Waals surface area (Å²) in [5.41, 5.74) is 4.38. The fraction of sp³-hybridized carbons (Fsp3) is 0.353. The molecule has 3 aliphatic rings. The minimum absolute atomic E-state index is 0.0287. The SMILES string of the molecule is COc1cc(-c2cccc(-c3cccc(NC(=O)C4=CN(C)C5OC5N(C)C4=O)c3Cl)c2C)cc(F)c1CN[C@H]1CCOC[C@H]1O. The Bertz CT molecular complexity index is 1720. The van der Waals surface area contributed by atoms with Gasteiger partial charge >= 0.3 is 0 Å². The Balaban J connectivity index is 1.26. The number of methoxy groups -OCH3 is 1. The number of aliphatic hydroxyl groups excluding tert-OH is 1. The Labute approximate surface area is 271 Å². The lowest BCUT2D eigenvalue weighted by molar-refractivity contribution is -0.129. The first-order chi connectivity index (χ1) is 22.1. The molecular formula is C34H36ClFN4O6. The van der Waals surface area contributed by atoms with Gasteiger partial charge in [0.25, 0.3) is 11.8 Å². The van der Waals surface area contributed by atoms with Gasteiger partial charge in [0.15, 0.2) is 12.5 Å². The van der Waals surface area contributed by atoms with Gasteiger partial charge in [-0.25, -0.2) is 4.39 Å². The Hall–Kier alpha value is -4.00. The molecule has 3 aliphatic heterocycles. The van der Waals surface area contributed by atoms with Crippen LogP contribution in [0.3, 0.4) is 0 Å². The van der Waals surface area contributed by atoms with E-state index in [-0.39, 0.29) is 31.0 Å². The van der Waals surface area contributed by atoms with E-state index >= 15 is 4.39 Å². The largest absolute Gasteiger partial charge is 0.496 e. The van der Waals surface area contributed by atoms with Crippen molar-refractivity contribution in [2.75, 3.05) is 39.7 Å². The van der Waals surface area contributed by atoms with Crippen LogP contribution in [0.5, 0.6) is 5.75 Å². The second-order valence-corrected chi connectivity index (χ2v) is 12.1. The smallest absolute Gasteiger partial charge is 0.262 e. The van der Waals surface area contributed by atoms with Crippen LogP contribution in [0.15, 0.2) is 60.3 Å². The number of carbonyl (C=O) groups is 2. The standard InChI is InChI=1S/C34H36ClFN4O6/c1-18-20(19-13-25(36)23(29(14-19)44-4)15-37-26-11-12-45-17-28(26)41)7-5-8-21(18)22-9-6-10-27(30(22)35)38-31(42)24-16-39(2)33-34(46-33)40(3)32(24)43/h5-10,13-14,16,26,28,33-34,37,41H,11-12,15,17H2,1-4H3,(H,38,42)/t26-,28+,33?,34?/m0/s1. The molecule has 3 heterocycles. The summed E-state index contributed by atoms with van der Waals surface area (Å²) in [6.45, 7) is 2.89. The highest BCUT2D eigenvalue weighted by Crippen LogP contribution is 2.40. The lowest BCUT2D eigenvalue weighted by atomic mass is 9.91. The molecule has 2 amide bonds. The van der Waals surface area contributed by atoms with Gasteiger partial charge in [-0.2, -0.15) is 0 Å². The van der Waals surface area contributed by atoms with Crippen LogP contribution in [0.1, 0.15) is 17.5 Å². The summed E-state index contributed by atoms with van der Waals surface area (Å²) in [7, 11) is 4.85. The molecule has 3 aromatic rings. The van der Waals surface area contributed by atoms with Gasteiger partial charge in [0.05, 0.1) is 30.5 Å². The maximum Gasteiger partial charge on any atom is 0.262 e. The summed E-state index contributed by atoms with van der Waals surface area (Å²) in [5, 5.41) is 16.5. The fourth-order valence-corrected chi connectivity index (χ4v) is 6.33. The molecular weight excluding hydrogens is 615 g/mol. The van der Waals surface area contributed by atoms with Gasteiger partial charge in [-0.3, -0.25) is 9.59 Å². The molecule has 6 rings (SSSR count). The van der Waals surface area contributed by atoms with Crippen molar-refractivity contribution in [3.8, 4) is 28.0 Å². The van der Waals surface area contributed by atoms with E-state index in [2.05, 4.69) is 10.6 Å². The van der Waals surface area contributed by atoms with Crippen molar-refractivity contribution >= 4 is 29.1 Å². The monoisotopic (exact) mass is 650 g/mol. The number of hydrogen-bond donors (Lipinski definition) is 3. The third-order valence-electron chi connectivity index (χ3n) is 8.78. The number of hydrogen-bond acceptors (Lipinski definition) is 8. The Morgan fingerprint density at radius 3 is 2.63 bits per heavy atom. The summed E-state index contributed by atoms with van der Waals surface area (Å²) in [6.07, 6.45) is 0.776. The van der Waals surface area contributed by atoms with Crippen LogP contribution in [0.2, 0.25) is 5.02 Å². The fourth-order valence-electron chi connectivity index (χ4n) is 6.05. The number of ether oxygens (including phenoxy) is 3. The van der Waals surface area contributed by atoms with Gasteiger partial charge in [-0.05, 0) is 53.8 Å². The minimum Gasteiger partial charge on any atom is -0.496 e. The quantitative estimate of drug-likeness (QED) is 0.245. The molecule has 2 saturated heterocycles. The van der Waals surface area contributed by atoms with E-state index in [1.807, 2.05) is 31.2 Å². The third-order valence-corrected chi connectivity index (χ3v) is 9.19. The summed E-state index contributed by atoms with van der Waals surface area (Å²) < 4.78 is 32.0. The van der Waals surface area contributed by atoms with Crippen LogP contribution < -0.4 is 15.4 Å². The van der Waals surface area contributed by atoms with Gasteiger partial charge in [0.1, 0.15) is 17.1 Å². The van der Waals surface area contributed by atoms with E-state index in [9.17, 15) is 14.7 Å². The summed E-state index contributed by atoms with van der Waals surface area (Å²) in [5.74, 6) is -1.08. The summed E-state index contributed by atoms with van der Waals surface area (Å²) in [6, 6.07) is 14.0. The van der Waals surface area contributed by atoms with Crippen molar-refractivity contribution in [3.63, 3.8) is 0 Å². The van der Waals surface area contributed by atoms with Crippen LogP contribution in [0, 0.1) is 12.7 Å². The molecule has 242 valence electrons. The lowest BCUT2D eigenvalue weighted by Gasteiger charge is -2.29. The van der Waals surface area contributed by atoms with Gasteiger partial charge in [-0.15, -0.1) is 0 Å². The molecule has 3 N–H and O–H groups in total. The number of fused-ring (bicyclic) bond motifs is 1. The van der Waals surface area contributed by atoms with Crippen molar-refractivity contribution in [3.05, 3.63) is 82.3 Å². The topological polar surface area (TPSA) is 116 Å². The van der Waals surface area contributed by atoms with E-state index in [0.29, 0.717) is 46.2 Å². The van der Waals surface area contributed by atoms with Gasteiger partial charge in [0.2, 0.25) is 0 Å². The first-order valence-electron chi connectivity index (χ1n) is 15.0. The number of anilines is 1. The van der Waals surface area contributed by atoms with E-state index in [1.54, 1.807) is 37.2 Å². The first kappa shape index (κ1) is 32.0. The predicted octanol–water partition coefficient (Wildman–Crippen LogP) is 4.28. The molecule has 4 atom stereocenters. The normalized spacial score (nSPS) is 22.6. The molecule has 0 aliphatic carbocycles. The Morgan fingerprint density at radius 1 is 1.13 bits per heavy atom. The first-order valence-corrected chi connectivity index (χ1v) is 15.4. The van der Waals surface area contributed by atoms with E-state index in [4.69, 9.17) is 25.8 Å². The number of carbonyl (C=O) groups excluding carboxylic acids is 2. The molecule has 0 bridgehead atoms. The highest BCUT2D eigenvalue weighted by molar-refractivity contribution is 6.37. The molecule has 10 nitrogen and oxygen atoms in total. The van der Waals surface area contributed by atoms with Crippen LogP contribution >= 0.6 is 11.6 Å². The number of aliphatic hydroxyl groups is 1. The van der Waals surface area contributed by atoms with Crippen LogP contribution in [0.25, 0.3) is 22.3 Å². The van der Waals surface area contributed by atoms with Crippen molar-refractivity contribution in [2.24, 2.45) is 0 Å². The molecule has 12 heteroatoms. The van der Waals surface area contributed by atoms with Crippen molar-refractivity contribution in [2.45, 2.75) is 44.5 Å². The maximum atomic E-state index is 15.6. The molecule has 2 unspecified atom stereocenters. The zero-order valence-corrected chi connectivity index (χ0v) is 26.7. The molecule has 0 aromatic heterocycles. The number of nitrogens with zero attached hydrogens (tertiary/aromatic N) is 2. The molecule has 0 saturated carbocycles. The van der Waals surface area contributed by atoms with Crippen molar-refractivity contribution < 1.29 is 33.3 Å². The van der Waals surface area contributed by atoms with Crippen molar-refractivity contribution in [1.82, 2.24) is 15.1 Å². The zero-order chi connectivity index (χ0) is 32.7. The number of halogens is 2. The highest BCUT2D eigenvalue weighted by atomic mass is 35.5. The Morgan fingerprint density at radius 2 is 1.87 bits per heavy atom. The highest BCUT2D eigenvalue weighted by Gasteiger charge is 2.50. The van der Waals surface area contributed by atoms with E-state index in [0.717, 1.165) is 16.7 Å². The van der Waals surface area contributed by atoms with Crippen LogP contribution in [-0.2, 0) is 25.6 Å². The van der Waals surface area contributed by atoms with Crippen LogP contribution in [-0.4, -0.2) is 85.7 Å². The number of benzene rings is 3. The lowest BCUT2D eigenvalue weighted by Crippen LogP contribution is -2.46. The van der Waals surface area contributed by atoms with E-state index < -0.39 is 30.0 Å². The van der Waals surface area contributed by atoms with E-state index in [1.165, 1.54) is 24.3 Å². The van der Waals surface area contributed by atoms with Gasteiger partial charge in [0, 0.05) is 50.6 Å². The minimum atomic E-state index is -0.661. The second kappa shape index (κ2) is 13.0. The third kappa shape index (κ3) is 6.08. The number of amides is 2. The van der Waals surface area contributed by atoms with Gasteiger partial charge < -0.3 is 39.8 Å². The van der Waals surface area contributed by atoms with Gasteiger partial charge in [-0.1, -0.05) is 41.9 Å². The molecule has 0 radical (unpaired) electrons. The van der Waals surface area contributed by atoms with Crippen molar-refractivity contribution in [1.29, 1.82) is 0 Å². The average Bonchev–Trinajstić information content (AvgIpc) is 3.86. The summed E-state index contributed by atoms with van der Waals surface area (Å²) >= 11 is 6.88. The number of epoxide rings is 1. The number of likely N-dealkylation sites (N-methyl/N-ethyl adjacent to an activating group) is 2. The molecule has 0 spiro atoms. The number of nitrogens with one attached hydrogen (secondary N) is 2. The second-order valence-electron chi connectivity index (χ2n) is 11.7. The zero-order valence-electron chi connectivity index (χ0n) is 26.0. The predicted molar refractivity (Wildman–Crippen MR) is 172 cm³/mol. The maximum absolute atomic E-state index is 15.6. The summed E-state index contributed by atoms with van der Waals surface area (Å²) in [4.78, 5) is 29.4. The molecule has 46 heavy (non-hydrogen) atoms. The average molecular weight is 651 g/mol. The van der Waals surface area contributed by atoms with Crippen LogP contribution in [0.4, 0.5) is 10.1 Å². The number of rotatable bonds is 8. The Kier molecular flexibility index (Phi) is 9.04. The molecule has 3 aromatic carbocycles. The molecule has 2 fully saturated rings.